The summed E-state index contributed by atoms with van der Waals surface area (Å²) in [6, 6.07) is 15.0. The molecule has 2 fully saturated rings. The minimum Gasteiger partial charge on any atom is -0.339 e. The lowest BCUT2D eigenvalue weighted by Gasteiger charge is -2.36. The van der Waals surface area contributed by atoms with Gasteiger partial charge in [0.1, 0.15) is 0 Å². The first-order chi connectivity index (χ1) is 14.9. The second-order valence-electron chi connectivity index (χ2n) is 8.56. The van der Waals surface area contributed by atoms with Crippen LogP contribution in [0.4, 0.5) is 0 Å². The van der Waals surface area contributed by atoms with E-state index >= 15 is 0 Å². The van der Waals surface area contributed by atoms with Crippen molar-refractivity contribution in [3.8, 4) is 0 Å². The molecule has 0 unspecified atom stereocenters. The first-order valence-corrected chi connectivity index (χ1v) is 12.6. The van der Waals surface area contributed by atoms with E-state index in [0.717, 1.165) is 31.5 Å². The molecule has 2 aromatic rings. The van der Waals surface area contributed by atoms with Crippen molar-refractivity contribution in [1.29, 1.82) is 0 Å². The predicted octanol–water partition coefficient (Wildman–Crippen LogP) is 3.17. The first kappa shape index (κ1) is 22.0. The lowest BCUT2D eigenvalue weighted by atomic mass is 10.0. The molecule has 4 rings (SSSR count). The van der Waals surface area contributed by atoms with Crippen LogP contribution >= 0.6 is 0 Å². The third-order valence-corrected chi connectivity index (χ3v) is 7.99. The molecule has 0 bridgehead atoms. The predicted molar refractivity (Wildman–Crippen MR) is 121 cm³/mol. The number of rotatable bonds is 6. The zero-order chi connectivity index (χ0) is 21.8. The van der Waals surface area contributed by atoms with Gasteiger partial charge in [0.25, 0.3) is 5.91 Å². The van der Waals surface area contributed by atoms with Crippen molar-refractivity contribution in [2.45, 2.75) is 50.1 Å². The summed E-state index contributed by atoms with van der Waals surface area (Å²) in [5.41, 5.74) is 1.95. The van der Waals surface area contributed by atoms with Gasteiger partial charge >= 0.3 is 0 Å². The van der Waals surface area contributed by atoms with Gasteiger partial charge < -0.3 is 9.80 Å². The van der Waals surface area contributed by atoms with Gasteiger partial charge in [-0.1, -0.05) is 36.4 Å². The standard InChI is InChI=1S/C24H31N3O3S/c1-19-9-10-21(17-23(19)31(29,30)25-18-20-7-3-2-4-8-20)24(28)27-15-11-22(12-16-27)26-13-5-6-14-26/h2-4,7-10,17,22,25H,5-6,11-16,18H2,1H3. The fourth-order valence-corrected chi connectivity index (χ4v) is 5.88. The van der Waals surface area contributed by atoms with E-state index in [9.17, 15) is 13.2 Å². The quantitative estimate of drug-likeness (QED) is 0.748. The van der Waals surface area contributed by atoms with Gasteiger partial charge in [0.05, 0.1) is 4.90 Å². The van der Waals surface area contributed by atoms with Crippen molar-refractivity contribution in [3.05, 3.63) is 65.2 Å². The molecular formula is C24H31N3O3S. The van der Waals surface area contributed by atoms with E-state index in [1.807, 2.05) is 35.2 Å². The van der Waals surface area contributed by atoms with Crippen molar-refractivity contribution < 1.29 is 13.2 Å². The second-order valence-corrected chi connectivity index (χ2v) is 10.3. The van der Waals surface area contributed by atoms with Gasteiger partial charge in [0.2, 0.25) is 10.0 Å². The third kappa shape index (κ3) is 5.17. The summed E-state index contributed by atoms with van der Waals surface area (Å²) in [5, 5.41) is 0. The Morgan fingerprint density at radius 3 is 2.35 bits per heavy atom. The van der Waals surface area contributed by atoms with E-state index in [4.69, 9.17) is 0 Å². The average Bonchev–Trinajstić information content (AvgIpc) is 3.33. The van der Waals surface area contributed by atoms with E-state index in [1.165, 1.54) is 32.0 Å². The maximum atomic E-state index is 13.1. The maximum absolute atomic E-state index is 13.1. The first-order valence-electron chi connectivity index (χ1n) is 11.1. The number of hydrogen-bond donors (Lipinski definition) is 1. The van der Waals surface area contributed by atoms with Gasteiger partial charge in [-0.3, -0.25) is 4.79 Å². The van der Waals surface area contributed by atoms with Gasteiger partial charge in [-0.25, -0.2) is 13.1 Å². The number of sulfonamides is 1. The molecule has 2 aliphatic heterocycles. The third-order valence-electron chi connectivity index (χ3n) is 6.44. The number of benzene rings is 2. The molecule has 31 heavy (non-hydrogen) atoms. The summed E-state index contributed by atoms with van der Waals surface area (Å²) in [6.45, 7) is 5.77. The van der Waals surface area contributed by atoms with Crippen molar-refractivity contribution in [2.75, 3.05) is 26.2 Å². The van der Waals surface area contributed by atoms with Crippen LogP contribution in [0.15, 0.2) is 53.4 Å². The largest absolute Gasteiger partial charge is 0.339 e. The van der Waals surface area contributed by atoms with Crippen LogP contribution in [0.2, 0.25) is 0 Å². The zero-order valence-electron chi connectivity index (χ0n) is 18.1. The smallest absolute Gasteiger partial charge is 0.253 e. The number of aryl methyl sites for hydroxylation is 1. The van der Waals surface area contributed by atoms with Crippen molar-refractivity contribution >= 4 is 15.9 Å². The molecule has 7 heteroatoms. The van der Waals surface area contributed by atoms with E-state index in [-0.39, 0.29) is 17.3 Å². The minimum atomic E-state index is -3.72. The van der Waals surface area contributed by atoms with Crippen LogP contribution in [0.25, 0.3) is 0 Å². The Kier molecular flexibility index (Phi) is 6.74. The summed E-state index contributed by atoms with van der Waals surface area (Å²) < 4.78 is 28.5. The number of amides is 1. The summed E-state index contributed by atoms with van der Waals surface area (Å²) >= 11 is 0. The molecule has 1 N–H and O–H groups in total. The van der Waals surface area contributed by atoms with Crippen molar-refractivity contribution in [1.82, 2.24) is 14.5 Å². The number of piperidine rings is 1. The molecule has 0 atom stereocenters. The number of nitrogens with zero attached hydrogens (tertiary/aromatic N) is 2. The number of hydrogen-bond acceptors (Lipinski definition) is 4. The lowest BCUT2D eigenvalue weighted by molar-refractivity contribution is 0.0644. The summed E-state index contributed by atoms with van der Waals surface area (Å²) in [4.78, 5) is 17.7. The molecule has 1 amide bonds. The number of carbonyl (C=O) groups excluding carboxylic acids is 1. The zero-order valence-corrected chi connectivity index (χ0v) is 18.9. The van der Waals surface area contributed by atoms with E-state index in [0.29, 0.717) is 17.2 Å². The Bertz CT molecular complexity index is 1010. The van der Waals surface area contributed by atoms with Crippen LogP contribution in [0.5, 0.6) is 0 Å². The van der Waals surface area contributed by atoms with Crippen molar-refractivity contribution in [3.63, 3.8) is 0 Å². The molecular weight excluding hydrogens is 410 g/mol. The summed E-state index contributed by atoms with van der Waals surface area (Å²) in [6.07, 6.45) is 4.53. The van der Waals surface area contributed by atoms with Gasteiger partial charge in [-0.05, 0) is 69.0 Å². The number of likely N-dealkylation sites (tertiary alicyclic amines) is 2. The minimum absolute atomic E-state index is 0.0839. The van der Waals surface area contributed by atoms with E-state index < -0.39 is 10.0 Å². The molecule has 166 valence electrons. The van der Waals surface area contributed by atoms with Gasteiger partial charge in [0, 0.05) is 31.2 Å². The second kappa shape index (κ2) is 9.51. The van der Waals surface area contributed by atoms with Crippen LogP contribution in [0.3, 0.4) is 0 Å². The Morgan fingerprint density at radius 2 is 1.68 bits per heavy atom. The topological polar surface area (TPSA) is 69.7 Å². The number of nitrogens with one attached hydrogen (secondary N) is 1. The number of carbonyl (C=O) groups is 1. The summed E-state index contributed by atoms with van der Waals surface area (Å²) in [7, 11) is -3.72. The Balaban J connectivity index is 1.43. The van der Waals surface area contributed by atoms with Crippen LogP contribution in [0, 0.1) is 6.92 Å². The van der Waals surface area contributed by atoms with E-state index in [2.05, 4.69) is 9.62 Å². The molecule has 0 aliphatic carbocycles. The fourth-order valence-electron chi connectivity index (χ4n) is 4.60. The molecule has 2 aliphatic rings. The highest BCUT2D eigenvalue weighted by Crippen LogP contribution is 2.24. The van der Waals surface area contributed by atoms with Crippen molar-refractivity contribution in [2.24, 2.45) is 0 Å². The molecule has 6 nitrogen and oxygen atoms in total. The lowest BCUT2D eigenvalue weighted by Crippen LogP contribution is -2.45. The van der Waals surface area contributed by atoms with E-state index in [1.54, 1.807) is 19.1 Å². The highest BCUT2D eigenvalue weighted by Gasteiger charge is 2.29. The highest BCUT2D eigenvalue weighted by molar-refractivity contribution is 7.89. The monoisotopic (exact) mass is 441 g/mol. The fraction of sp³-hybridized carbons (Fsp3) is 0.458. The molecule has 0 aromatic heterocycles. The van der Waals surface area contributed by atoms with Gasteiger partial charge in [0.15, 0.2) is 0 Å². The maximum Gasteiger partial charge on any atom is 0.253 e. The normalized spacial score (nSPS) is 18.4. The molecule has 2 heterocycles. The Morgan fingerprint density at radius 1 is 1.00 bits per heavy atom. The molecule has 0 saturated carbocycles. The van der Waals surface area contributed by atoms with Gasteiger partial charge in [-0.2, -0.15) is 0 Å². The molecule has 2 saturated heterocycles. The summed E-state index contributed by atoms with van der Waals surface area (Å²) in [5.74, 6) is -0.0839. The Hall–Kier alpha value is -2.22. The average molecular weight is 442 g/mol. The van der Waals surface area contributed by atoms with Crippen LogP contribution < -0.4 is 4.72 Å². The van der Waals surface area contributed by atoms with Gasteiger partial charge in [-0.15, -0.1) is 0 Å². The Labute approximate surface area is 185 Å². The highest BCUT2D eigenvalue weighted by atomic mass is 32.2. The SMILES string of the molecule is Cc1ccc(C(=O)N2CCC(N3CCCC3)CC2)cc1S(=O)(=O)NCc1ccccc1. The van der Waals surface area contributed by atoms with Crippen LogP contribution in [-0.2, 0) is 16.6 Å². The molecule has 2 aromatic carbocycles. The van der Waals surface area contributed by atoms with Crippen LogP contribution in [0.1, 0.15) is 47.2 Å². The molecule has 0 radical (unpaired) electrons. The molecule has 0 spiro atoms. The van der Waals surface area contributed by atoms with Crippen LogP contribution in [-0.4, -0.2) is 56.3 Å².